The molecule has 4 heteroatoms. The summed E-state index contributed by atoms with van der Waals surface area (Å²) >= 11 is 0. The summed E-state index contributed by atoms with van der Waals surface area (Å²) < 4.78 is 5.14. The minimum Gasteiger partial charge on any atom is -0.385 e. The summed E-state index contributed by atoms with van der Waals surface area (Å²) in [5, 5.41) is 3.28. The van der Waals surface area contributed by atoms with Gasteiger partial charge in [0.25, 0.3) is 5.91 Å². The third-order valence-corrected chi connectivity index (χ3v) is 3.38. The van der Waals surface area contributed by atoms with E-state index in [1.54, 1.807) is 7.11 Å². The first-order chi connectivity index (χ1) is 9.54. The normalized spacial score (nSPS) is 12.1. The second-order valence-corrected chi connectivity index (χ2v) is 4.96. The zero-order valence-corrected chi connectivity index (χ0v) is 13.2. The molecule has 0 aliphatic carbocycles. The van der Waals surface area contributed by atoms with Gasteiger partial charge in [0.2, 0.25) is 0 Å². The Kier molecular flexibility index (Phi) is 6.52. The van der Waals surface area contributed by atoms with Crippen molar-refractivity contribution in [2.24, 2.45) is 0 Å². The Morgan fingerprint density at radius 2 is 2.10 bits per heavy atom. The number of methoxy groups -OCH3 is 1. The molecule has 112 valence electrons. The Labute approximate surface area is 122 Å². The van der Waals surface area contributed by atoms with Crippen molar-refractivity contribution >= 4 is 11.6 Å². The standard InChI is InChI=1S/C16H26N2O2/c1-6-17-15-9-8-14(10-12(15)3)16(19)18(7-2)13(4)11-20-5/h8-10,13,17H,6-7,11H2,1-5H3. The molecule has 1 rings (SSSR count). The molecule has 1 N–H and O–H groups in total. The van der Waals surface area contributed by atoms with Crippen LogP contribution in [0, 0.1) is 6.92 Å². The number of benzene rings is 1. The number of aryl methyl sites for hydroxylation is 1. The Hall–Kier alpha value is -1.55. The largest absolute Gasteiger partial charge is 0.385 e. The summed E-state index contributed by atoms with van der Waals surface area (Å²) in [5.41, 5.74) is 2.90. The average Bonchev–Trinajstić information content (AvgIpc) is 2.42. The molecule has 20 heavy (non-hydrogen) atoms. The number of likely N-dealkylation sites (N-methyl/N-ethyl adjacent to an activating group) is 1. The number of ether oxygens (including phenoxy) is 1. The summed E-state index contributed by atoms with van der Waals surface area (Å²) in [6.07, 6.45) is 0. The number of carbonyl (C=O) groups excluding carboxylic acids is 1. The molecular formula is C16H26N2O2. The third-order valence-electron chi connectivity index (χ3n) is 3.38. The van der Waals surface area contributed by atoms with Crippen molar-refractivity contribution in [3.8, 4) is 0 Å². The van der Waals surface area contributed by atoms with E-state index >= 15 is 0 Å². The average molecular weight is 278 g/mol. The van der Waals surface area contributed by atoms with Gasteiger partial charge in [0, 0.05) is 31.5 Å². The quantitative estimate of drug-likeness (QED) is 0.834. The first kappa shape index (κ1) is 16.5. The van der Waals surface area contributed by atoms with E-state index in [2.05, 4.69) is 12.2 Å². The molecule has 1 aromatic carbocycles. The molecule has 0 saturated heterocycles. The Bertz CT molecular complexity index is 446. The van der Waals surface area contributed by atoms with Gasteiger partial charge in [0.15, 0.2) is 0 Å². The van der Waals surface area contributed by atoms with E-state index in [1.165, 1.54) is 0 Å². The number of rotatable bonds is 7. The molecule has 0 heterocycles. The third kappa shape index (κ3) is 3.97. The van der Waals surface area contributed by atoms with Crippen LogP contribution in [0.1, 0.15) is 36.7 Å². The summed E-state index contributed by atoms with van der Waals surface area (Å²) in [5.74, 6) is 0.0585. The highest BCUT2D eigenvalue weighted by molar-refractivity contribution is 5.95. The van der Waals surface area contributed by atoms with Gasteiger partial charge >= 0.3 is 0 Å². The van der Waals surface area contributed by atoms with Crippen LogP contribution < -0.4 is 5.32 Å². The van der Waals surface area contributed by atoms with Gasteiger partial charge < -0.3 is 15.0 Å². The fourth-order valence-corrected chi connectivity index (χ4v) is 2.34. The molecule has 0 spiro atoms. The molecule has 1 amide bonds. The van der Waals surface area contributed by atoms with Crippen molar-refractivity contribution < 1.29 is 9.53 Å². The zero-order chi connectivity index (χ0) is 15.1. The van der Waals surface area contributed by atoms with Crippen molar-refractivity contribution in [2.45, 2.75) is 33.7 Å². The van der Waals surface area contributed by atoms with Gasteiger partial charge in [-0.3, -0.25) is 4.79 Å². The molecule has 0 saturated carbocycles. The van der Waals surface area contributed by atoms with Crippen molar-refractivity contribution in [1.82, 2.24) is 4.90 Å². The maximum Gasteiger partial charge on any atom is 0.254 e. The second-order valence-electron chi connectivity index (χ2n) is 4.96. The predicted octanol–water partition coefficient (Wildman–Crippen LogP) is 2.92. The maximum absolute atomic E-state index is 12.6. The van der Waals surface area contributed by atoms with E-state index in [9.17, 15) is 4.79 Å². The van der Waals surface area contributed by atoms with E-state index in [4.69, 9.17) is 4.74 Å². The summed E-state index contributed by atoms with van der Waals surface area (Å²) in [4.78, 5) is 14.4. The predicted molar refractivity (Wildman–Crippen MR) is 83.4 cm³/mol. The van der Waals surface area contributed by atoms with E-state index in [1.807, 2.05) is 43.9 Å². The number of nitrogens with one attached hydrogen (secondary N) is 1. The topological polar surface area (TPSA) is 41.6 Å². The minimum absolute atomic E-state index is 0.0585. The minimum atomic E-state index is 0.0585. The van der Waals surface area contributed by atoms with Crippen LogP contribution in [0.2, 0.25) is 0 Å². The van der Waals surface area contributed by atoms with Gasteiger partial charge in [-0.1, -0.05) is 0 Å². The van der Waals surface area contributed by atoms with Gasteiger partial charge in [-0.05, 0) is 51.5 Å². The van der Waals surface area contributed by atoms with Gasteiger partial charge in [-0.2, -0.15) is 0 Å². The molecule has 0 radical (unpaired) electrons. The first-order valence-electron chi connectivity index (χ1n) is 7.19. The Balaban J connectivity index is 2.92. The van der Waals surface area contributed by atoms with Crippen molar-refractivity contribution in [1.29, 1.82) is 0 Å². The van der Waals surface area contributed by atoms with Crippen LogP contribution >= 0.6 is 0 Å². The van der Waals surface area contributed by atoms with Gasteiger partial charge in [0.1, 0.15) is 0 Å². The first-order valence-corrected chi connectivity index (χ1v) is 7.19. The lowest BCUT2D eigenvalue weighted by molar-refractivity contribution is 0.0579. The molecule has 0 aliphatic rings. The maximum atomic E-state index is 12.6. The highest BCUT2D eigenvalue weighted by Gasteiger charge is 2.20. The molecule has 1 atom stereocenters. The van der Waals surface area contributed by atoms with Gasteiger partial charge in [-0.25, -0.2) is 0 Å². The lowest BCUT2D eigenvalue weighted by atomic mass is 10.1. The van der Waals surface area contributed by atoms with Crippen molar-refractivity contribution in [2.75, 3.05) is 32.1 Å². The Morgan fingerprint density at radius 3 is 2.60 bits per heavy atom. The van der Waals surface area contributed by atoms with Crippen LogP contribution in [0.4, 0.5) is 5.69 Å². The highest BCUT2D eigenvalue weighted by Crippen LogP contribution is 2.18. The summed E-state index contributed by atoms with van der Waals surface area (Å²) in [7, 11) is 1.66. The van der Waals surface area contributed by atoms with Crippen LogP contribution in [0.5, 0.6) is 0 Å². The number of anilines is 1. The van der Waals surface area contributed by atoms with E-state index in [0.717, 1.165) is 23.4 Å². The van der Waals surface area contributed by atoms with Gasteiger partial charge in [-0.15, -0.1) is 0 Å². The summed E-state index contributed by atoms with van der Waals surface area (Å²) in [6.45, 7) is 10.2. The number of amides is 1. The van der Waals surface area contributed by atoms with Crippen LogP contribution in [0.3, 0.4) is 0 Å². The monoisotopic (exact) mass is 278 g/mol. The second kappa shape index (κ2) is 7.90. The van der Waals surface area contributed by atoms with Crippen molar-refractivity contribution in [3.05, 3.63) is 29.3 Å². The molecule has 4 nitrogen and oxygen atoms in total. The van der Waals surface area contributed by atoms with Crippen molar-refractivity contribution in [3.63, 3.8) is 0 Å². The number of carbonyl (C=O) groups is 1. The van der Waals surface area contributed by atoms with Gasteiger partial charge in [0.05, 0.1) is 12.6 Å². The van der Waals surface area contributed by atoms with Crippen LogP contribution in [-0.2, 0) is 4.74 Å². The molecule has 1 aromatic rings. The fourth-order valence-electron chi connectivity index (χ4n) is 2.34. The zero-order valence-electron chi connectivity index (χ0n) is 13.2. The Morgan fingerprint density at radius 1 is 1.40 bits per heavy atom. The van der Waals surface area contributed by atoms with E-state index in [-0.39, 0.29) is 11.9 Å². The molecule has 0 aromatic heterocycles. The fraction of sp³-hybridized carbons (Fsp3) is 0.562. The molecule has 1 unspecified atom stereocenters. The molecule has 0 aliphatic heterocycles. The number of hydrogen-bond acceptors (Lipinski definition) is 3. The van der Waals surface area contributed by atoms with Crippen LogP contribution in [0.25, 0.3) is 0 Å². The smallest absolute Gasteiger partial charge is 0.254 e. The summed E-state index contributed by atoms with van der Waals surface area (Å²) in [6, 6.07) is 5.88. The number of nitrogens with zero attached hydrogens (tertiary/aromatic N) is 1. The van der Waals surface area contributed by atoms with Crippen LogP contribution in [0.15, 0.2) is 18.2 Å². The molecular weight excluding hydrogens is 252 g/mol. The van der Waals surface area contributed by atoms with Crippen LogP contribution in [-0.4, -0.2) is 43.7 Å². The van der Waals surface area contributed by atoms with E-state index < -0.39 is 0 Å². The van der Waals surface area contributed by atoms with E-state index in [0.29, 0.717) is 13.2 Å². The molecule has 0 bridgehead atoms. The highest BCUT2D eigenvalue weighted by atomic mass is 16.5. The number of hydrogen-bond donors (Lipinski definition) is 1. The SMILES string of the molecule is CCNc1ccc(C(=O)N(CC)C(C)COC)cc1C. The lowest BCUT2D eigenvalue weighted by Gasteiger charge is -2.28. The molecule has 0 fully saturated rings. The lowest BCUT2D eigenvalue weighted by Crippen LogP contribution is -2.40.